The van der Waals surface area contributed by atoms with Gasteiger partial charge in [0.25, 0.3) is 0 Å². The molecule has 15 heavy (non-hydrogen) atoms. The molecular formula is C12H15NO2. The maximum absolute atomic E-state index is 11.1. The molecular weight excluding hydrogens is 190 g/mol. The lowest BCUT2D eigenvalue weighted by Crippen LogP contribution is -2.21. The lowest BCUT2D eigenvalue weighted by atomic mass is 9.86. The van der Waals surface area contributed by atoms with Crippen molar-refractivity contribution in [1.82, 2.24) is 5.32 Å². The average molecular weight is 205 g/mol. The van der Waals surface area contributed by atoms with Crippen molar-refractivity contribution in [1.29, 1.82) is 0 Å². The quantitative estimate of drug-likeness (QED) is 0.767. The Morgan fingerprint density at radius 2 is 2.13 bits per heavy atom. The van der Waals surface area contributed by atoms with Gasteiger partial charge in [0, 0.05) is 19.0 Å². The number of carboxylic acid groups (broad SMARTS) is 1. The Morgan fingerprint density at radius 1 is 1.40 bits per heavy atom. The van der Waals surface area contributed by atoms with Crippen molar-refractivity contribution in [2.75, 3.05) is 13.1 Å². The maximum Gasteiger partial charge on any atom is 0.308 e. The Bertz CT molecular complexity index is 376. The van der Waals surface area contributed by atoms with E-state index < -0.39 is 5.97 Å². The highest BCUT2D eigenvalue weighted by Crippen LogP contribution is 2.30. The number of carbonyl (C=O) groups is 1. The van der Waals surface area contributed by atoms with Gasteiger partial charge >= 0.3 is 5.97 Å². The van der Waals surface area contributed by atoms with Gasteiger partial charge in [-0.2, -0.15) is 0 Å². The highest BCUT2D eigenvalue weighted by Gasteiger charge is 2.34. The summed E-state index contributed by atoms with van der Waals surface area (Å²) in [5, 5.41) is 12.2. The van der Waals surface area contributed by atoms with Gasteiger partial charge in [0.05, 0.1) is 5.92 Å². The number of nitrogens with one attached hydrogen (secondary N) is 1. The molecule has 0 amide bonds. The molecule has 80 valence electrons. The molecule has 1 fully saturated rings. The van der Waals surface area contributed by atoms with E-state index in [1.54, 1.807) is 0 Å². The summed E-state index contributed by atoms with van der Waals surface area (Å²) in [4.78, 5) is 11.1. The first kappa shape index (κ1) is 10.2. The summed E-state index contributed by atoms with van der Waals surface area (Å²) < 4.78 is 0. The van der Waals surface area contributed by atoms with Gasteiger partial charge < -0.3 is 10.4 Å². The Morgan fingerprint density at radius 3 is 2.80 bits per heavy atom. The fourth-order valence-electron chi connectivity index (χ4n) is 2.27. The largest absolute Gasteiger partial charge is 0.481 e. The first-order valence-electron chi connectivity index (χ1n) is 5.19. The molecule has 0 aromatic heterocycles. The van der Waals surface area contributed by atoms with Gasteiger partial charge in [-0.15, -0.1) is 0 Å². The summed E-state index contributed by atoms with van der Waals surface area (Å²) in [6, 6.07) is 8.02. The summed E-state index contributed by atoms with van der Waals surface area (Å²) in [6.45, 7) is 3.38. The standard InChI is InChI=1S/C12H15NO2/c1-8-4-2-3-5-9(8)10-6-13-7-11(10)12(14)15/h2-5,10-11,13H,6-7H2,1H3,(H,14,15)/t10-,11-/m0/s1. The second-order valence-electron chi connectivity index (χ2n) is 4.07. The fraction of sp³-hybridized carbons (Fsp3) is 0.417. The second-order valence-corrected chi connectivity index (χ2v) is 4.07. The second kappa shape index (κ2) is 4.03. The molecule has 2 rings (SSSR count). The predicted molar refractivity (Wildman–Crippen MR) is 57.9 cm³/mol. The summed E-state index contributed by atoms with van der Waals surface area (Å²) >= 11 is 0. The van der Waals surface area contributed by atoms with E-state index in [0.29, 0.717) is 6.54 Å². The third-order valence-corrected chi connectivity index (χ3v) is 3.12. The van der Waals surface area contributed by atoms with E-state index in [-0.39, 0.29) is 11.8 Å². The topological polar surface area (TPSA) is 49.3 Å². The Kier molecular flexibility index (Phi) is 2.73. The van der Waals surface area contributed by atoms with Crippen LogP contribution in [0.2, 0.25) is 0 Å². The number of benzene rings is 1. The molecule has 0 spiro atoms. The normalized spacial score (nSPS) is 25.4. The van der Waals surface area contributed by atoms with Crippen LogP contribution in [-0.4, -0.2) is 24.2 Å². The molecule has 1 aliphatic rings. The maximum atomic E-state index is 11.1. The molecule has 0 aliphatic carbocycles. The minimum atomic E-state index is -0.701. The molecule has 0 bridgehead atoms. The van der Waals surface area contributed by atoms with E-state index in [1.165, 1.54) is 5.56 Å². The molecule has 3 heteroatoms. The average Bonchev–Trinajstić information content (AvgIpc) is 2.67. The van der Waals surface area contributed by atoms with Crippen molar-refractivity contribution in [3.8, 4) is 0 Å². The van der Waals surface area contributed by atoms with E-state index >= 15 is 0 Å². The van der Waals surface area contributed by atoms with Crippen molar-refractivity contribution >= 4 is 5.97 Å². The van der Waals surface area contributed by atoms with Gasteiger partial charge in [-0.05, 0) is 18.1 Å². The van der Waals surface area contributed by atoms with Crippen molar-refractivity contribution < 1.29 is 9.90 Å². The summed E-state index contributed by atoms with van der Waals surface area (Å²) in [7, 11) is 0. The lowest BCUT2D eigenvalue weighted by molar-refractivity contribution is -0.141. The Balaban J connectivity index is 2.30. The smallest absolute Gasteiger partial charge is 0.308 e. The van der Waals surface area contributed by atoms with Crippen LogP contribution in [0.3, 0.4) is 0 Å². The number of rotatable bonds is 2. The third-order valence-electron chi connectivity index (χ3n) is 3.12. The third kappa shape index (κ3) is 1.88. The van der Waals surface area contributed by atoms with Gasteiger partial charge in [0.2, 0.25) is 0 Å². The zero-order chi connectivity index (χ0) is 10.8. The van der Waals surface area contributed by atoms with E-state index in [1.807, 2.05) is 31.2 Å². The minimum Gasteiger partial charge on any atom is -0.481 e. The van der Waals surface area contributed by atoms with E-state index in [9.17, 15) is 4.79 Å². The van der Waals surface area contributed by atoms with Crippen molar-refractivity contribution in [3.05, 3.63) is 35.4 Å². The molecule has 0 unspecified atom stereocenters. The molecule has 2 N–H and O–H groups in total. The van der Waals surface area contributed by atoms with Gasteiger partial charge in [0.1, 0.15) is 0 Å². The van der Waals surface area contributed by atoms with Crippen molar-refractivity contribution in [2.45, 2.75) is 12.8 Å². The highest BCUT2D eigenvalue weighted by atomic mass is 16.4. The molecule has 0 radical (unpaired) electrons. The molecule has 1 aromatic rings. The van der Waals surface area contributed by atoms with Crippen LogP contribution in [0.1, 0.15) is 17.0 Å². The first-order valence-corrected chi connectivity index (χ1v) is 5.19. The van der Waals surface area contributed by atoms with Crippen LogP contribution >= 0.6 is 0 Å². The molecule has 1 aliphatic heterocycles. The number of aryl methyl sites for hydroxylation is 1. The minimum absolute atomic E-state index is 0.115. The van der Waals surface area contributed by atoms with Crippen LogP contribution in [0.4, 0.5) is 0 Å². The summed E-state index contributed by atoms with van der Waals surface area (Å²) in [5.74, 6) is -0.872. The fourth-order valence-corrected chi connectivity index (χ4v) is 2.27. The van der Waals surface area contributed by atoms with Crippen molar-refractivity contribution in [3.63, 3.8) is 0 Å². The van der Waals surface area contributed by atoms with E-state index in [2.05, 4.69) is 5.32 Å². The number of aliphatic carboxylic acids is 1. The number of carboxylic acids is 1. The van der Waals surface area contributed by atoms with Crippen LogP contribution in [-0.2, 0) is 4.79 Å². The van der Waals surface area contributed by atoms with Gasteiger partial charge in [0.15, 0.2) is 0 Å². The molecule has 0 saturated carbocycles. The zero-order valence-electron chi connectivity index (χ0n) is 8.73. The SMILES string of the molecule is Cc1ccccc1[C@@H]1CNC[C@@H]1C(=O)O. The lowest BCUT2D eigenvalue weighted by Gasteiger charge is -2.17. The van der Waals surface area contributed by atoms with Crippen molar-refractivity contribution in [2.24, 2.45) is 5.92 Å². The van der Waals surface area contributed by atoms with Gasteiger partial charge in [-0.1, -0.05) is 24.3 Å². The molecule has 1 aromatic carbocycles. The highest BCUT2D eigenvalue weighted by molar-refractivity contribution is 5.72. The molecule has 2 atom stereocenters. The predicted octanol–water partition coefficient (Wildman–Crippen LogP) is 1.38. The zero-order valence-corrected chi connectivity index (χ0v) is 8.73. The Labute approximate surface area is 89.1 Å². The molecule has 3 nitrogen and oxygen atoms in total. The van der Waals surface area contributed by atoms with Crippen LogP contribution in [0.25, 0.3) is 0 Å². The number of hydrogen-bond donors (Lipinski definition) is 2. The molecule has 1 saturated heterocycles. The van der Waals surface area contributed by atoms with Crippen LogP contribution < -0.4 is 5.32 Å². The first-order chi connectivity index (χ1) is 7.20. The summed E-state index contributed by atoms with van der Waals surface area (Å²) in [5.41, 5.74) is 2.34. The Hall–Kier alpha value is -1.35. The van der Waals surface area contributed by atoms with E-state index in [0.717, 1.165) is 12.1 Å². The van der Waals surface area contributed by atoms with Crippen LogP contribution in [0.15, 0.2) is 24.3 Å². The van der Waals surface area contributed by atoms with Gasteiger partial charge in [-0.25, -0.2) is 0 Å². The van der Waals surface area contributed by atoms with Gasteiger partial charge in [-0.3, -0.25) is 4.79 Å². The summed E-state index contributed by atoms with van der Waals surface area (Å²) in [6.07, 6.45) is 0. The van der Waals surface area contributed by atoms with Crippen LogP contribution in [0, 0.1) is 12.8 Å². The van der Waals surface area contributed by atoms with Crippen LogP contribution in [0.5, 0.6) is 0 Å². The number of hydrogen-bond acceptors (Lipinski definition) is 2. The molecule has 1 heterocycles. The van der Waals surface area contributed by atoms with E-state index in [4.69, 9.17) is 5.11 Å². The monoisotopic (exact) mass is 205 g/mol.